The van der Waals surface area contributed by atoms with E-state index in [2.05, 4.69) is 5.10 Å². The fourth-order valence-corrected chi connectivity index (χ4v) is 3.32. The summed E-state index contributed by atoms with van der Waals surface area (Å²) >= 11 is 5.98. The summed E-state index contributed by atoms with van der Waals surface area (Å²) < 4.78 is 52.7. The highest BCUT2D eigenvalue weighted by atomic mass is 35.5. The van der Waals surface area contributed by atoms with Crippen molar-refractivity contribution in [2.75, 3.05) is 5.73 Å². The molecule has 2 aromatic carbocycles. The number of fused-ring (bicyclic) bond motifs is 1. The highest BCUT2D eigenvalue weighted by Crippen LogP contribution is 2.33. The molecule has 0 aliphatic rings. The van der Waals surface area contributed by atoms with Gasteiger partial charge >= 0.3 is 6.18 Å². The molecule has 5 nitrogen and oxygen atoms in total. The van der Waals surface area contributed by atoms with Gasteiger partial charge in [0.15, 0.2) is 5.78 Å². The summed E-state index contributed by atoms with van der Waals surface area (Å²) in [5.41, 5.74) is 5.48. The van der Waals surface area contributed by atoms with E-state index in [1.165, 1.54) is 23.9 Å². The molecule has 0 radical (unpaired) electrons. The minimum Gasteiger partial charge on any atom is -0.398 e. The maximum atomic E-state index is 13.6. The maximum Gasteiger partial charge on any atom is 0.389 e. The number of nitrogens with zero attached hydrogens (tertiary/aromatic N) is 3. The summed E-state index contributed by atoms with van der Waals surface area (Å²) in [4.78, 5) is 12.9. The van der Waals surface area contributed by atoms with E-state index in [1.807, 2.05) is 6.07 Å². The number of halogens is 5. The Morgan fingerprint density at radius 1 is 1.34 bits per heavy atom. The number of carbonyl (C=O) groups excluding carboxylic acids is 1. The molecule has 0 aliphatic heterocycles. The fourth-order valence-electron chi connectivity index (χ4n) is 3.12. The third kappa shape index (κ3) is 3.89. The summed E-state index contributed by atoms with van der Waals surface area (Å²) in [6.45, 7) is 0. The van der Waals surface area contributed by atoms with E-state index in [4.69, 9.17) is 17.3 Å². The molecule has 0 aliphatic carbocycles. The molecule has 0 saturated carbocycles. The van der Waals surface area contributed by atoms with Crippen molar-refractivity contribution in [3.63, 3.8) is 0 Å². The Morgan fingerprint density at radius 3 is 2.66 bits per heavy atom. The van der Waals surface area contributed by atoms with Gasteiger partial charge in [0.25, 0.3) is 0 Å². The molecule has 0 unspecified atom stereocenters. The minimum atomic E-state index is -4.37. The van der Waals surface area contributed by atoms with Crippen molar-refractivity contribution in [3.8, 4) is 6.07 Å². The lowest BCUT2D eigenvalue weighted by Crippen LogP contribution is -2.11. The number of hydrogen-bond donors (Lipinski definition) is 1. The van der Waals surface area contributed by atoms with Crippen LogP contribution in [0, 0.1) is 17.1 Å². The van der Waals surface area contributed by atoms with Crippen molar-refractivity contribution in [2.45, 2.75) is 19.0 Å². The van der Waals surface area contributed by atoms with Gasteiger partial charge in [0.2, 0.25) is 0 Å². The standard InChI is InChI=1S/C19H13ClF4N4O/c1-28-15(4-5-19(22,23)24)11-7-14(26)16(12(8-25)17(11)27-28)18(29)10-6-9(21)2-3-13(10)20/h2-3,6-7H,4-5,26H2,1H3. The highest BCUT2D eigenvalue weighted by Gasteiger charge is 2.29. The van der Waals surface area contributed by atoms with Crippen LogP contribution in [0.1, 0.15) is 33.6 Å². The predicted molar refractivity (Wildman–Crippen MR) is 99.1 cm³/mol. The van der Waals surface area contributed by atoms with E-state index < -0.39 is 24.2 Å². The third-order valence-corrected chi connectivity index (χ3v) is 4.77. The van der Waals surface area contributed by atoms with Crippen LogP contribution in [0.3, 0.4) is 0 Å². The summed E-state index contributed by atoms with van der Waals surface area (Å²) in [6, 6.07) is 6.33. The molecule has 0 spiro atoms. The molecule has 0 bridgehead atoms. The number of aryl methyl sites for hydroxylation is 2. The van der Waals surface area contributed by atoms with E-state index in [1.54, 1.807) is 0 Å². The van der Waals surface area contributed by atoms with Crippen LogP contribution in [-0.2, 0) is 13.5 Å². The number of rotatable bonds is 4. The Kier molecular flexibility index (Phi) is 5.24. The Balaban J connectivity index is 2.20. The fraction of sp³-hybridized carbons (Fsp3) is 0.211. The molecular weight excluding hydrogens is 412 g/mol. The van der Waals surface area contributed by atoms with Gasteiger partial charge in [0.05, 0.1) is 16.1 Å². The van der Waals surface area contributed by atoms with E-state index in [0.29, 0.717) is 0 Å². The molecule has 1 heterocycles. The number of carbonyl (C=O) groups is 1. The van der Waals surface area contributed by atoms with Crippen molar-refractivity contribution in [1.82, 2.24) is 9.78 Å². The van der Waals surface area contributed by atoms with Gasteiger partial charge in [-0.2, -0.15) is 23.5 Å². The van der Waals surface area contributed by atoms with Crippen molar-refractivity contribution in [1.29, 1.82) is 5.26 Å². The number of anilines is 1. The zero-order chi connectivity index (χ0) is 21.5. The topological polar surface area (TPSA) is 84.7 Å². The van der Waals surface area contributed by atoms with Crippen molar-refractivity contribution >= 4 is 34.0 Å². The van der Waals surface area contributed by atoms with Gasteiger partial charge in [0.1, 0.15) is 17.4 Å². The van der Waals surface area contributed by atoms with Gasteiger partial charge in [-0.05, 0) is 30.7 Å². The summed E-state index contributed by atoms with van der Waals surface area (Å²) in [6.07, 6.45) is -5.82. The second-order valence-electron chi connectivity index (χ2n) is 6.36. The van der Waals surface area contributed by atoms with Crippen molar-refractivity contribution < 1.29 is 22.4 Å². The Hall–Kier alpha value is -3.12. The molecule has 3 aromatic rings. The zero-order valence-electron chi connectivity index (χ0n) is 14.9. The van der Waals surface area contributed by atoms with E-state index in [0.717, 1.165) is 12.1 Å². The average molecular weight is 425 g/mol. The first-order valence-electron chi connectivity index (χ1n) is 8.28. The van der Waals surface area contributed by atoms with Gasteiger partial charge in [0, 0.05) is 35.8 Å². The molecular formula is C19H13ClF4N4O. The first kappa shape index (κ1) is 20.6. The molecule has 3 rings (SSSR count). The van der Waals surface area contributed by atoms with Crippen LogP contribution in [0.15, 0.2) is 24.3 Å². The SMILES string of the molecule is Cn1nc2c(C#N)c(C(=O)c3cc(F)ccc3Cl)c(N)cc2c1CCC(F)(F)F. The van der Waals surface area contributed by atoms with E-state index in [-0.39, 0.29) is 50.4 Å². The predicted octanol–water partition coefficient (Wildman–Crippen LogP) is 4.55. The van der Waals surface area contributed by atoms with Gasteiger partial charge in [-0.3, -0.25) is 9.48 Å². The lowest BCUT2D eigenvalue weighted by molar-refractivity contribution is -0.134. The Morgan fingerprint density at radius 2 is 2.03 bits per heavy atom. The lowest BCUT2D eigenvalue weighted by Gasteiger charge is -2.10. The molecule has 0 amide bonds. The van der Waals surface area contributed by atoms with Crippen LogP contribution < -0.4 is 5.73 Å². The molecule has 2 N–H and O–H groups in total. The van der Waals surface area contributed by atoms with Crippen molar-refractivity contribution in [3.05, 3.63) is 57.5 Å². The molecule has 0 saturated heterocycles. The molecule has 0 fully saturated rings. The third-order valence-electron chi connectivity index (χ3n) is 4.44. The highest BCUT2D eigenvalue weighted by molar-refractivity contribution is 6.35. The van der Waals surface area contributed by atoms with Crippen LogP contribution in [0.2, 0.25) is 5.02 Å². The summed E-state index contributed by atoms with van der Waals surface area (Å²) in [5.74, 6) is -1.49. The van der Waals surface area contributed by atoms with Crippen LogP contribution in [-0.4, -0.2) is 21.7 Å². The van der Waals surface area contributed by atoms with E-state index >= 15 is 0 Å². The number of benzene rings is 2. The normalized spacial score (nSPS) is 11.6. The van der Waals surface area contributed by atoms with Gasteiger partial charge < -0.3 is 5.73 Å². The quantitative estimate of drug-likeness (QED) is 0.378. The lowest BCUT2D eigenvalue weighted by atomic mass is 9.94. The van der Waals surface area contributed by atoms with Crippen LogP contribution in [0.4, 0.5) is 23.2 Å². The monoisotopic (exact) mass is 424 g/mol. The Labute approximate surface area is 167 Å². The molecule has 29 heavy (non-hydrogen) atoms. The van der Waals surface area contributed by atoms with Crippen molar-refractivity contribution in [2.24, 2.45) is 7.05 Å². The van der Waals surface area contributed by atoms with Gasteiger partial charge in [-0.25, -0.2) is 4.39 Å². The number of nitrogen functional groups attached to an aromatic ring is 1. The largest absolute Gasteiger partial charge is 0.398 e. The second-order valence-corrected chi connectivity index (χ2v) is 6.77. The van der Waals surface area contributed by atoms with Gasteiger partial charge in [-0.15, -0.1) is 0 Å². The smallest absolute Gasteiger partial charge is 0.389 e. The number of nitrogens with two attached hydrogens (primary N) is 1. The number of ketones is 1. The first-order valence-corrected chi connectivity index (χ1v) is 8.66. The molecule has 0 atom stereocenters. The molecule has 150 valence electrons. The average Bonchev–Trinajstić information content (AvgIpc) is 2.94. The number of nitriles is 1. The van der Waals surface area contributed by atoms with Crippen LogP contribution in [0.5, 0.6) is 0 Å². The molecule has 10 heteroatoms. The van der Waals surface area contributed by atoms with Gasteiger partial charge in [-0.1, -0.05) is 11.6 Å². The summed E-state index contributed by atoms with van der Waals surface area (Å²) in [5, 5.41) is 13.9. The van der Waals surface area contributed by atoms with Crippen LogP contribution in [0.25, 0.3) is 10.9 Å². The number of aromatic nitrogens is 2. The number of alkyl halides is 3. The minimum absolute atomic E-state index is 0.0355. The maximum absolute atomic E-state index is 13.6. The molecule has 1 aromatic heterocycles. The zero-order valence-corrected chi connectivity index (χ0v) is 15.7. The second kappa shape index (κ2) is 7.37. The number of hydrogen-bond acceptors (Lipinski definition) is 4. The first-order chi connectivity index (χ1) is 13.5. The Bertz CT molecular complexity index is 1180. The van der Waals surface area contributed by atoms with Crippen LogP contribution >= 0.6 is 11.6 Å². The summed E-state index contributed by atoms with van der Waals surface area (Å²) in [7, 11) is 1.44. The van der Waals surface area contributed by atoms with E-state index in [9.17, 15) is 27.6 Å².